The molecule has 4 rings (SSSR count). The molecule has 8 atom stereocenters. The molecule has 0 radical (unpaired) electrons. The van der Waals surface area contributed by atoms with Gasteiger partial charge in [0.2, 0.25) is 30.4 Å². The zero-order chi connectivity index (χ0) is 49.6. The zero-order valence-corrected chi connectivity index (χ0v) is 45.9. The van der Waals surface area contributed by atoms with Gasteiger partial charge in [0, 0.05) is 0 Å². The van der Waals surface area contributed by atoms with E-state index in [9.17, 15) is 95.2 Å². The molecule has 0 saturated heterocycles. The second-order valence-corrected chi connectivity index (χ2v) is 26.2. The Hall–Kier alpha value is -0.655. The van der Waals surface area contributed by atoms with Crippen molar-refractivity contribution in [1.82, 2.24) is 0 Å². The molecule has 28 nitrogen and oxygen atoms in total. The van der Waals surface area contributed by atoms with E-state index in [0.717, 1.165) is 0 Å². The van der Waals surface area contributed by atoms with E-state index in [0.29, 0.717) is 0 Å². The van der Waals surface area contributed by atoms with E-state index in [1.165, 1.54) is 97.1 Å². The third-order valence-corrected chi connectivity index (χ3v) is 19.3. The number of hydrogen-bond donors (Lipinski definition) is 4. The smallest absolute Gasteiger partial charge is 0.809 e. The molecule has 0 fully saturated rings. The van der Waals surface area contributed by atoms with E-state index in [-0.39, 0.29) is 86.2 Å². The fraction of sp³-hybridized carbons (Fsp3) is 0.143. The Kier molecular flexibility index (Phi) is 31.4. The number of aliphatic hydroxyl groups excluding tert-OH is 4. The molecule has 0 bridgehead atoms. The topological polar surface area (TPSA) is 531 Å². The number of para-hydroxylation sites is 4. The number of hydrogen-bond acceptors (Lipinski definition) is 28. The Morgan fingerprint density at radius 3 is 0.507 bits per heavy atom. The minimum Gasteiger partial charge on any atom is -0.809 e. The van der Waals surface area contributed by atoms with Crippen molar-refractivity contribution >= 4 is 60.8 Å². The second kappa shape index (κ2) is 29.8. The van der Waals surface area contributed by atoms with Gasteiger partial charge in [-0.3, -0.25) is 18.3 Å². The van der Waals surface area contributed by atoms with Crippen LogP contribution in [0.25, 0.3) is 0 Å². The van der Waals surface area contributed by atoms with Crippen molar-refractivity contribution in [2.75, 3.05) is 0 Å². The summed E-state index contributed by atoms with van der Waals surface area (Å²) >= 11 is 0. The van der Waals surface area contributed by atoms with Crippen LogP contribution in [0, 0.1) is 0 Å². The minimum absolute atomic E-state index is 0. The van der Waals surface area contributed by atoms with Crippen LogP contribution in [-0.4, -0.2) is 42.8 Å². The maximum atomic E-state index is 11.1. The van der Waals surface area contributed by atoms with Gasteiger partial charge >= 0.3 is 63.2 Å². The van der Waals surface area contributed by atoms with Crippen LogP contribution in [0.1, 0.15) is 0 Å². The molecule has 378 valence electrons. The first-order valence-electron chi connectivity index (χ1n) is 15.9. The number of aliphatic hydroxyl groups is 4. The fourth-order valence-electron chi connectivity index (χ4n) is 3.39. The standard InChI is InChI=1S/4C7H10O7P2.3Pt/c4*8-7(15(9,10)11)16(12,13)14-6-4-2-1-3-5-6;;;/h4*1-5,7-8H,(H,12,13)(H2,9,10,11);;;/q;;;;3*+4/p-12. The summed E-state index contributed by atoms with van der Waals surface area (Å²) in [6, 6.07) is 27.7. The molecule has 8 unspecified atom stereocenters. The van der Waals surface area contributed by atoms with Gasteiger partial charge in [-0.25, -0.2) is 0 Å². The van der Waals surface area contributed by atoms with Gasteiger partial charge in [0.15, 0.2) is 22.3 Å². The molecule has 39 heteroatoms. The molecule has 0 spiro atoms. The Morgan fingerprint density at radius 2 is 0.403 bits per heavy atom. The molecule has 0 heterocycles. The van der Waals surface area contributed by atoms with Gasteiger partial charge in [-0.1, -0.05) is 72.8 Å². The van der Waals surface area contributed by atoms with E-state index in [1.54, 1.807) is 24.3 Å². The van der Waals surface area contributed by atoms with Crippen LogP contribution in [-0.2, 0) is 99.7 Å². The maximum absolute atomic E-state index is 11.1. The van der Waals surface area contributed by atoms with E-state index < -0.39 is 83.1 Å². The Labute approximate surface area is 421 Å². The van der Waals surface area contributed by atoms with Crippen molar-refractivity contribution in [2.45, 2.75) is 22.3 Å². The number of rotatable bonds is 16. The van der Waals surface area contributed by atoms with Gasteiger partial charge < -0.3 is 116 Å². The summed E-state index contributed by atoms with van der Waals surface area (Å²) in [5.74, 6) is -0.747. The van der Waals surface area contributed by atoms with Crippen molar-refractivity contribution < 1.29 is 197 Å². The van der Waals surface area contributed by atoms with E-state index in [2.05, 4.69) is 18.1 Å². The molecule has 4 N–H and O–H groups in total. The van der Waals surface area contributed by atoms with Crippen molar-refractivity contribution in [2.24, 2.45) is 0 Å². The zero-order valence-electron chi connectivity index (χ0n) is 32.0. The first kappa shape index (κ1) is 70.6. The Morgan fingerprint density at radius 1 is 0.284 bits per heavy atom. The summed E-state index contributed by atoms with van der Waals surface area (Å²) in [4.78, 5) is 127. The van der Waals surface area contributed by atoms with Gasteiger partial charge in [-0.2, -0.15) is 0 Å². The van der Waals surface area contributed by atoms with Crippen molar-refractivity contribution in [3.8, 4) is 23.0 Å². The molecule has 4 aromatic rings. The normalized spacial score (nSPS) is 16.7. The van der Waals surface area contributed by atoms with Crippen LogP contribution in [0.2, 0.25) is 0 Å². The van der Waals surface area contributed by atoms with Gasteiger partial charge in [0.05, 0.1) is 0 Å². The summed E-state index contributed by atoms with van der Waals surface area (Å²) in [5.41, 5.74) is -12.3. The molecule has 4 aromatic carbocycles. The SMILES string of the molecule is O=P([O-])([O-])C(O)P(=O)([O-])Oc1ccccc1.O=P([O-])([O-])C(O)P(=O)([O-])Oc1ccccc1.O=P([O-])([O-])C(O)P(=O)([O-])Oc1ccccc1.O=P([O-])([O-])C(O)P(=O)([O-])Oc1ccccc1.[Pt+4].[Pt+4].[Pt+4]. The van der Waals surface area contributed by atoms with E-state index >= 15 is 0 Å². The van der Waals surface area contributed by atoms with Crippen LogP contribution in [0.3, 0.4) is 0 Å². The predicted octanol–water partition coefficient (Wildman–Crippen LogP) is -4.77. The Bertz CT molecular complexity index is 2120. The predicted molar refractivity (Wildman–Crippen MR) is 193 cm³/mol. The van der Waals surface area contributed by atoms with Crippen LogP contribution in [0.4, 0.5) is 0 Å². The molecule has 0 saturated carbocycles. The molecule has 0 aliphatic rings. The third-order valence-electron chi connectivity index (χ3n) is 6.17. The summed E-state index contributed by atoms with van der Waals surface area (Å²) in [6.07, 6.45) is 0. The van der Waals surface area contributed by atoms with Crippen molar-refractivity contribution in [1.29, 1.82) is 0 Å². The quantitative estimate of drug-likeness (QED) is 0.0765. The molecular formula is C28H28O28P8Pt3. The van der Waals surface area contributed by atoms with Crippen molar-refractivity contribution in [3.63, 3.8) is 0 Å². The first-order chi connectivity index (χ1) is 28.9. The molecule has 0 aliphatic carbocycles. The van der Waals surface area contributed by atoms with Gasteiger partial charge in [-0.05, 0) is 78.9 Å². The van der Waals surface area contributed by atoms with Crippen LogP contribution in [0.5, 0.6) is 23.0 Å². The van der Waals surface area contributed by atoms with Crippen molar-refractivity contribution in [3.05, 3.63) is 121 Å². The van der Waals surface area contributed by atoms with E-state index in [4.69, 9.17) is 20.4 Å². The average Bonchev–Trinajstić information content (AvgIpc) is 3.17. The molecular weight excluding hydrogens is 1620 g/mol. The summed E-state index contributed by atoms with van der Waals surface area (Å²) in [7, 11) is -43.5. The van der Waals surface area contributed by atoms with Crippen LogP contribution < -0.4 is 76.8 Å². The molecule has 67 heavy (non-hydrogen) atoms. The fourth-order valence-corrected chi connectivity index (χ4v) is 11.5. The molecule has 0 aliphatic heterocycles. The largest absolute Gasteiger partial charge is 4.00 e. The van der Waals surface area contributed by atoms with Crippen LogP contribution >= 0.6 is 60.8 Å². The number of benzene rings is 4. The van der Waals surface area contributed by atoms with E-state index in [1.807, 2.05) is 0 Å². The average molecular weight is 1650 g/mol. The first-order valence-corrected chi connectivity index (χ1v) is 28.8. The minimum atomic E-state index is -5.66. The maximum Gasteiger partial charge on any atom is 4.00 e. The monoisotopic (exact) mass is 1640 g/mol. The summed E-state index contributed by atoms with van der Waals surface area (Å²) in [6.45, 7) is 0. The summed E-state index contributed by atoms with van der Waals surface area (Å²) in [5, 5.41) is 35.1. The molecule has 0 amide bonds. The van der Waals surface area contributed by atoms with Gasteiger partial charge in [0.1, 0.15) is 23.0 Å². The van der Waals surface area contributed by atoms with Gasteiger partial charge in [-0.15, -0.1) is 0 Å². The second-order valence-electron chi connectivity index (χ2n) is 11.3. The van der Waals surface area contributed by atoms with Gasteiger partial charge in [0.25, 0.3) is 0 Å². The Balaban J connectivity index is -0.000000803. The molecule has 0 aromatic heterocycles. The third kappa shape index (κ3) is 26.6. The van der Waals surface area contributed by atoms with Crippen LogP contribution in [0.15, 0.2) is 121 Å². The summed E-state index contributed by atoms with van der Waals surface area (Å²) < 4.78 is 103.